The summed E-state index contributed by atoms with van der Waals surface area (Å²) in [6.07, 6.45) is 0.979. The minimum absolute atomic E-state index is 0.0262. The molecule has 0 saturated carbocycles. The van der Waals surface area contributed by atoms with Crippen molar-refractivity contribution in [2.75, 3.05) is 30.4 Å². The fourth-order valence-electron chi connectivity index (χ4n) is 2.34. The van der Waals surface area contributed by atoms with Gasteiger partial charge >= 0.3 is 0 Å². The molecule has 0 aromatic heterocycles. The molecule has 1 unspecified atom stereocenters. The number of carbonyl (C=O) groups excluding carboxylic acids is 1. The zero-order valence-corrected chi connectivity index (χ0v) is 13.5. The van der Waals surface area contributed by atoms with Gasteiger partial charge in [0, 0.05) is 29.7 Å². The molecule has 1 fully saturated rings. The van der Waals surface area contributed by atoms with Gasteiger partial charge in [-0.1, -0.05) is 11.6 Å². The number of amides is 1. The molecule has 0 bridgehead atoms. The van der Waals surface area contributed by atoms with Crippen LogP contribution in [0.25, 0.3) is 0 Å². The molecule has 1 aliphatic heterocycles. The summed E-state index contributed by atoms with van der Waals surface area (Å²) in [7, 11) is -1.02. The number of halogens is 1. The van der Waals surface area contributed by atoms with E-state index in [1.807, 2.05) is 11.9 Å². The second kappa shape index (κ2) is 6.77. The van der Waals surface area contributed by atoms with Gasteiger partial charge in [-0.2, -0.15) is 0 Å². The van der Waals surface area contributed by atoms with Gasteiger partial charge in [0.05, 0.1) is 11.5 Å². The molecule has 1 aromatic rings. The number of nitrogens with one attached hydrogen (secondary N) is 1. The van der Waals surface area contributed by atoms with Crippen LogP contribution in [0.15, 0.2) is 24.3 Å². The molecule has 1 heterocycles. The smallest absolute Gasteiger partial charge is 0.225 e. The lowest BCUT2D eigenvalue weighted by Gasteiger charge is -2.22. The van der Waals surface area contributed by atoms with Gasteiger partial charge in [0.2, 0.25) is 5.91 Å². The summed E-state index contributed by atoms with van der Waals surface area (Å²) in [6.45, 7) is 0.541. The van der Waals surface area contributed by atoms with E-state index in [4.69, 9.17) is 11.6 Å². The number of rotatable bonds is 5. The molecule has 0 radical (unpaired) electrons. The number of hydrogen-bond acceptors (Lipinski definition) is 4. The average molecular weight is 331 g/mol. The van der Waals surface area contributed by atoms with Crippen LogP contribution < -0.4 is 5.32 Å². The molecule has 5 nitrogen and oxygen atoms in total. The van der Waals surface area contributed by atoms with Gasteiger partial charge in [-0.15, -0.1) is 0 Å². The summed E-state index contributed by atoms with van der Waals surface area (Å²) in [6, 6.07) is 6.94. The van der Waals surface area contributed by atoms with Gasteiger partial charge in [-0.25, -0.2) is 8.42 Å². The van der Waals surface area contributed by atoms with Gasteiger partial charge in [-0.05, 0) is 37.7 Å². The van der Waals surface area contributed by atoms with Crippen molar-refractivity contribution in [2.24, 2.45) is 0 Å². The first-order chi connectivity index (χ1) is 9.85. The van der Waals surface area contributed by atoms with E-state index in [0.717, 1.165) is 0 Å². The maximum absolute atomic E-state index is 11.9. The minimum atomic E-state index is -2.89. The minimum Gasteiger partial charge on any atom is -0.326 e. The Morgan fingerprint density at radius 2 is 2.05 bits per heavy atom. The van der Waals surface area contributed by atoms with Crippen molar-refractivity contribution in [1.82, 2.24) is 4.90 Å². The third kappa shape index (κ3) is 4.98. The second-order valence-electron chi connectivity index (χ2n) is 5.34. The SMILES string of the molecule is CN(CCC(=O)Nc1ccc(Cl)cc1)C1CCS(=O)(=O)C1. The molecular formula is C14H19ClN2O3S. The third-order valence-electron chi connectivity index (χ3n) is 3.65. The van der Waals surface area contributed by atoms with Crippen LogP contribution in [0.1, 0.15) is 12.8 Å². The van der Waals surface area contributed by atoms with Crippen LogP contribution in [0.2, 0.25) is 5.02 Å². The largest absolute Gasteiger partial charge is 0.326 e. The quantitative estimate of drug-likeness (QED) is 0.893. The number of sulfone groups is 1. The standard InChI is InChI=1S/C14H19ClN2O3S/c1-17(13-7-9-21(19,20)10-13)8-6-14(18)16-12-4-2-11(15)3-5-12/h2-5,13H,6-10H2,1H3,(H,16,18). The fourth-order valence-corrected chi connectivity index (χ4v) is 4.27. The highest BCUT2D eigenvalue weighted by Gasteiger charge is 2.30. The van der Waals surface area contributed by atoms with Crippen molar-refractivity contribution >= 4 is 33.0 Å². The summed E-state index contributed by atoms with van der Waals surface area (Å²) < 4.78 is 22.9. The van der Waals surface area contributed by atoms with Crippen molar-refractivity contribution in [3.63, 3.8) is 0 Å². The molecule has 1 N–H and O–H groups in total. The Labute approximate surface area is 130 Å². The van der Waals surface area contributed by atoms with Gasteiger partial charge in [0.25, 0.3) is 0 Å². The summed E-state index contributed by atoms with van der Waals surface area (Å²) in [5.74, 6) is 0.353. The summed E-state index contributed by atoms with van der Waals surface area (Å²) in [4.78, 5) is 13.8. The van der Waals surface area contributed by atoms with E-state index < -0.39 is 9.84 Å². The lowest BCUT2D eigenvalue weighted by molar-refractivity contribution is -0.116. The predicted octanol–water partition coefficient (Wildman–Crippen LogP) is 1.79. The first kappa shape index (κ1) is 16.3. The summed E-state index contributed by atoms with van der Waals surface area (Å²) in [5, 5.41) is 3.41. The highest BCUT2D eigenvalue weighted by Crippen LogP contribution is 2.17. The van der Waals surface area contributed by atoms with E-state index in [-0.39, 0.29) is 23.5 Å². The normalized spacial score (nSPS) is 20.6. The highest BCUT2D eigenvalue weighted by molar-refractivity contribution is 7.91. The van der Waals surface area contributed by atoms with Crippen LogP contribution >= 0.6 is 11.6 Å². The zero-order valence-electron chi connectivity index (χ0n) is 11.9. The Balaban J connectivity index is 1.77. The molecule has 2 rings (SSSR count). The Bertz CT molecular complexity index is 601. The predicted molar refractivity (Wildman–Crippen MR) is 84.4 cm³/mol. The molecule has 1 amide bonds. The van der Waals surface area contributed by atoms with Crippen LogP contribution in [0, 0.1) is 0 Å². The van der Waals surface area contributed by atoms with Gasteiger partial charge in [0.1, 0.15) is 0 Å². The highest BCUT2D eigenvalue weighted by atomic mass is 35.5. The molecule has 7 heteroatoms. The third-order valence-corrected chi connectivity index (χ3v) is 5.65. The van der Waals surface area contributed by atoms with Crippen molar-refractivity contribution in [2.45, 2.75) is 18.9 Å². The number of anilines is 1. The first-order valence-corrected chi connectivity index (χ1v) is 9.02. The van der Waals surface area contributed by atoms with Crippen LogP contribution in [-0.2, 0) is 14.6 Å². The molecule has 0 aliphatic carbocycles. The van der Waals surface area contributed by atoms with E-state index in [2.05, 4.69) is 5.32 Å². The van der Waals surface area contributed by atoms with Crippen LogP contribution in [0.4, 0.5) is 5.69 Å². The van der Waals surface area contributed by atoms with Crippen molar-refractivity contribution in [3.05, 3.63) is 29.3 Å². The molecule has 1 aromatic carbocycles. The molecule has 21 heavy (non-hydrogen) atoms. The van der Waals surface area contributed by atoms with E-state index in [9.17, 15) is 13.2 Å². The van der Waals surface area contributed by atoms with E-state index in [1.165, 1.54) is 0 Å². The van der Waals surface area contributed by atoms with Crippen molar-refractivity contribution < 1.29 is 13.2 Å². The maximum Gasteiger partial charge on any atom is 0.225 e. The maximum atomic E-state index is 11.9. The molecule has 1 aliphatic rings. The number of benzene rings is 1. The lowest BCUT2D eigenvalue weighted by atomic mass is 10.2. The Morgan fingerprint density at radius 1 is 1.38 bits per heavy atom. The fraction of sp³-hybridized carbons (Fsp3) is 0.500. The molecule has 1 atom stereocenters. The molecule has 1 saturated heterocycles. The second-order valence-corrected chi connectivity index (χ2v) is 8.01. The number of nitrogens with zero attached hydrogens (tertiary/aromatic N) is 1. The molecule has 0 spiro atoms. The number of carbonyl (C=O) groups is 1. The lowest BCUT2D eigenvalue weighted by Crippen LogP contribution is -2.35. The van der Waals surface area contributed by atoms with Gasteiger partial charge in [-0.3, -0.25) is 4.79 Å². The van der Waals surface area contributed by atoms with E-state index in [0.29, 0.717) is 30.1 Å². The summed E-state index contributed by atoms with van der Waals surface area (Å²) >= 11 is 5.78. The average Bonchev–Trinajstić information content (AvgIpc) is 2.79. The van der Waals surface area contributed by atoms with Gasteiger partial charge < -0.3 is 10.2 Å². The van der Waals surface area contributed by atoms with E-state index in [1.54, 1.807) is 24.3 Å². The Hall–Kier alpha value is -1.11. The van der Waals surface area contributed by atoms with E-state index >= 15 is 0 Å². The zero-order chi connectivity index (χ0) is 15.5. The van der Waals surface area contributed by atoms with Crippen LogP contribution in [0.5, 0.6) is 0 Å². The Kier molecular flexibility index (Phi) is 5.24. The van der Waals surface area contributed by atoms with Crippen molar-refractivity contribution in [1.29, 1.82) is 0 Å². The van der Waals surface area contributed by atoms with Crippen LogP contribution in [-0.4, -0.2) is 50.4 Å². The Morgan fingerprint density at radius 3 is 2.62 bits per heavy atom. The van der Waals surface area contributed by atoms with Gasteiger partial charge in [0.15, 0.2) is 9.84 Å². The van der Waals surface area contributed by atoms with Crippen LogP contribution in [0.3, 0.4) is 0 Å². The first-order valence-electron chi connectivity index (χ1n) is 6.82. The molecule has 116 valence electrons. The summed E-state index contributed by atoms with van der Waals surface area (Å²) in [5.41, 5.74) is 0.704. The van der Waals surface area contributed by atoms with Crippen molar-refractivity contribution in [3.8, 4) is 0 Å². The topological polar surface area (TPSA) is 66.5 Å². The number of hydrogen-bond donors (Lipinski definition) is 1. The molecular weight excluding hydrogens is 312 g/mol. The monoisotopic (exact) mass is 330 g/mol.